The van der Waals surface area contributed by atoms with Gasteiger partial charge in [-0.2, -0.15) is 13.2 Å². The van der Waals surface area contributed by atoms with Crippen molar-refractivity contribution in [2.24, 2.45) is 11.1 Å². The monoisotopic (exact) mass is 183 g/mol. The Kier molecular flexibility index (Phi) is 2.35. The molecule has 1 aliphatic carbocycles. The van der Waals surface area contributed by atoms with Gasteiger partial charge in [0.2, 0.25) is 0 Å². The van der Waals surface area contributed by atoms with Crippen LogP contribution in [-0.2, 0) is 0 Å². The minimum atomic E-state index is -4.28. The predicted octanol–water partition coefficient (Wildman–Crippen LogP) is 1.04. The van der Waals surface area contributed by atoms with E-state index in [1.807, 2.05) is 0 Å². The lowest BCUT2D eigenvalue weighted by Crippen LogP contribution is -2.42. The molecule has 3 N–H and O–H groups in total. The lowest BCUT2D eigenvalue weighted by atomic mass is 9.85. The van der Waals surface area contributed by atoms with Gasteiger partial charge in [-0.05, 0) is 19.3 Å². The molecule has 5 heteroatoms. The number of rotatable bonds is 1. The molecule has 12 heavy (non-hydrogen) atoms. The van der Waals surface area contributed by atoms with Gasteiger partial charge in [-0.15, -0.1) is 0 Å². The number of aliphatic hydroxyl groups is 1. The first-order valence-electron chi connectivity index (χ1n) is 3.86. The Morgan fingerprint density at radius 1 is 1.50 bits per heavy atom. The van der Waals surface area contributed by atoms with Gasteiger partial charge in [0.1, 0.15) is 0 Å². The molecule has 1 rings (SSSR count). The van der Waals surface area contributed by atoms with Crippen molar-refractivity contribution in [1.29, 1.82) is 0 Å². The number of nitrogens with two attached hydrogens (primary N) is 1. The molecule has 1 aliphatic rings. The van der Waals surface area contributed by atoms with E-state index < -0.39 is 24.2 Å². The van der Waals surface area contributed by atoms with Crippen LogP contribution in [0.1, 0.15) is 19.3 Å². The molecule has 72 valence electrons. The zero-order valence-electron chi connectivity index (χ0n) is 6.56. The summed E-state index contributed by atoms with van der Waals surface area (Å²) in [7, 11) is 0. The molecule has 2 atom stereocenters. The van der Waals surface area contributed by atoms with Crippen LogP contribution in [0.2, 0.25) is 0 Å². The first kappa shape index (κ1) is 9.80. The van der Waals surface area contributed by atoms with Gasteiger partial charge < -0.3 is 10.8 Å². The summed E-state index contributed by atoms with van der Waals surface area (Å²) in [5.41, 5.74) is 3.26. The molecular formula is C7H12F3NO. The lowest BCUT2D eigenvalue weighted by molar-refractivity contribution is -0.220. The molecular weight excluding hydrogens is 171 g/mol. The van der Waals surface area contributed by atoms with Gasteiger partial charge in [0.05, 0.1) is 11.5 Å². The average Bonchev–Trinajstić information content (AvgIpc) is 2.31. The van der Waals surface area contributed by atoms with Crippen molar-refractivity contribution >= 4 is 0 Å². The Morgan fingerprint density at radius 3 is 2.25 bits per heavy atom. The number of alkyl halides is 3. The van der Waals surface area contributed by atoms with Crippen molar-refractivity contribution in [2.75, 3.05) is 6.54 Å². The van der Waals surface area contributed by atoms with Crippen molar-refractivity contribution in [2.45, 2.75) is 31.5 Å². The molecule has 0 spiro atoms. The van der Waals surface area contributed by atoms with E-state index in [9.17, 15) is 13.2 Å². The molecule has 2 nitrogen and oxygen atoms in total. The molecule has 0 amide bonds. The van der Waals surface area contributed by atoms with Gasteiger partial charge in [-0.3, -0.25) is 0 Å². The molecule has 0 radical (unpaired) electrons. The highest BCUT2D eigenvalue weighted by Crippen LogP contribution is 2.49. The van der Waals surface area contributed by atoms with Crippen LogP contribution in [-0.4, -0.2) is 23.9 Å². The smallest absolute Gasteiger partial charge is 0.393 e. The van der Waals surface area contributed by atoms with Crippen LogP contribution in [0.5, 0.6) is 0 Å². The number of halogens is 3. The predicted molar refractivity (Wildman–Crippen MR) is 37.4 cm³/mol. The molecule has 0 aliphatic heterocycles. The summed E-state index contributed by atoms with van der Waals surface area (Å²) < 4.78 is 37.2. The number of hydrogen-bond acceptors (Lipinski definition) is 2. The van der Waals surface area contributed by atoms with E-state index in [1.54, 1.807) is 0 Å². The van der Waals surface area contributed by atoms with Crippen LogP contribution >= 0.6 is 0 Å². The fourth-order valence-corrected chi connectivity index (χ4v) is 1.66. The number of aliphatic hydroxyl groups excluding tert-OH is 1. The summed E-state index contributed by atoms with van der Waals surface area (Å²) in [6.45, 7) is -0.423. The normalized spacial score (nSPS) is 37.2. The summed E-state index contributed by atoms with van der Waals surface area (Å²) in [6, 6.07) is 0. The second-order valence-electron chi connectivity index (χ2n) is 3.38. The maximum absolute atomic E-state index is 12.4. The molecule has 0 aromatic rings. The molecule has 0 aromatic carbocycles. The van der Waals surface area contributed by atoms with Gasteiger partial charge in [0.25, 0.3) is 0 Å². The van der Waals surface area contributed by atoms with E-state index in [2.05, 4.69) is 0 Å². The van der Waals surface area contributed by atoms with E-state index >= 15 is 0 Å². The van der Waals surface area contributed by atoms with Crippen LogP contribution < -0.4 is 5.73 Å². The highest BCUT2D eigenvalue weighted by Gasteiger charge is 2.56. The third-order valence-corrected chi connectivity index (χ3v) is 2.57. The van der Waals surface area contributed by atoms with Gasteiger partial charge >= 0.3 is 6.18 Å². The van der Waals surface area contributed by atoms with E-state index in [0.717, 1.165) is 0 Å². The quantitative estimate of drug-likeness (QED) is 0.638. The maximum atomic E-state index is 12.4. The summed E-state index contributed by atoms with van der Waals surface area (Å²) in [5, 5.41) is 9.00. The molecule has 1 saturated carbocycles. The van der Waals surface area contributed by atoms with Crippen molar-refractivity contribution in [3.8, 4) is 0 Å². The summed E-state index contributed by atoms with van der Waals surface area (Å²) in [5.74, 6) is 0. The first-order chi connectivity index (χ1) is 5.41. The zero-order valence-corrected chi connectivity index (χ0v) is 6.56. The SMILES string of the molecule is NC[C@@]1(C(F)(F)F)CC[C@@H](O)C1. The second-order valence-corrected chi connectivity index (χ2v) is 3.38. The average molecular weight is 183 g/mol. The molecule has 0 heterocycles. The van der Waals surface area contributed by atoms with E-state index in [0.29, 0.717) is 0 Å². The van der Waals surface area contributed by atoms with Crippen molar-refractivity contribution in [3.05, 3.63) is 0 Å². The Bertz CT molecular complexity index is 171. The Labute approximate surface area is 68.6 Å². The van der Waals surface area contributed by atoms with Crippen molar-refractivity contribution < 1.29 is 18.3 Å². The molecule has 0 aromatic heterocycles. The van der Waals surface area contributed by atoms with Crippen LogP contribution in [0.25, 0.3) is 0 Å². The largest absolute Gasteiger partial charge is 0.395 e. The Morgan fingerprint density at radius 2 is 2.08 bits per heavy atom. The summed E-state index contributed by atoms with van der Waals surface area (Å²) in [4.78, 5) is 0. The van der Waals surface area contributed by atoms with E-state index in [1.165, 1.54) is 0 Å². The zero-order chi connectivity index (χ0) is 9.41. The van der Waals surface area contributed by atoms with E-state index in [-0.39, 0.29) is 19.3 Å². The minimum absolute atomic E-state index is 0.0475. The summed E-state index contributed by atoms with van der Waals surface area (Å²) in [6.07, 6.45) is -5.20. The Balaban J connectivity index is 2.78. The first-order valence-corrected chi connectivity index (χ1v) is 3.86. The third-order valence-electron chi connectivity index (χ3n) is 2.57. The fourth-order valence-electron chi connectivity index (χ4n) is 1.66. The third kappa shape index (κ3) is 1.43. The highest BCUT2D eigenvalue weighted by atomic mass is 19.4. The minimum Gasteiger partial charge on any atom is -0.393 e. The lowest BCUT2D eigenvalue weighted by Gasteiger charge is -2.29. The van der Waals surface area contributed by atoms with Crippen molar-refractivity contribution in [1.82, 2.24) is 0 Å². The molecule has 0 saturated heterocycles. The highest BCUT2D eigenvalue weighted by molar-refractivity contribution is 4.95. The molecule has 0 unspecified atom stereocenters. The Hall–Kier alpha value is -0.290. The van der Waals surface area contributed by atoms with E-state index in [4.69, 9.17) is 10.8 Å². The topological polar surface area (TPSA) is 46.2 Å². The van der Waals surface area contributed by atoms with Crippen LogP contribution in [0, 0.1) is 5.41 Å². The van der Waals surface area contributed by atoms with Gasteiger partial charge in [0, 0.05) is 6.54 Å². The van der Waals surface area contributed by atoms with Crippen LogP contribution in [0.3, 0.4) is 0 Å². The number of hydrogen-bond donors (Lipinski definition) is 2. The van der Waals surface area contributed by atoms with Crippen molar-refractivity contribution in [3.63, 3.8) is 0 Å². The van der Waals surface area contributed by atoms with Gasteiger partial charge in [-0.1, -0.05) is 0 Å². The van der Waals surface area contributed by atoms with Crippen LogP contribution in [0.15, 0.2) is 0 Å². The summed E-state index contributed by atoms with van der Waals surface area (Å²) >= 11 is 0. The van der Waals surface area contributed by atoms with Crippen LogP contribution in [0.4, 0.5) is 13.2 Å². The standard InChI is InChI=1S/C7H12F3NO/c8-7(9,10)6(4-11)2-1-5(12)3-6/h5,12H,1-4,11H2/t5-,6-/m1/s1. The molecule has 1 fully saturated rings. The van der Waals surface area contributed by atoms with Gasteiger partial charge in [-0.25, -0.2) is 0 Å². The van der Waals surface area contributed by atoms with Gasteiger partial charge in [0.15, 0.2) is 0 Å². The fraction of sp³-hybridized carbons (Fsp3) is 1.00. The maximum Gasteiger partial charge on any atom is 0.395 e. The molecule has 0 bridgehead atoms. The second kappa shape index (κ2) is 2.88.